The zero-order valence-electron chi connectivity index (χ0n) is 14.0. The molecule has 9 heteroatoms. The Bertz CT molecular complexity index is 1050. The van der Waals surface area contributed by atoms with E-state index in [1.54, 1.807) is 29.8 Å². The van der Waals surface area contributed by atoms with Crippen molar-refractivity contribution in [3.63, 3.8) is 0 Å². The van der Waals surface area contributed by atoms with Gasteiger partial charge in [0.2, 0.25) is 5.88 Å². The molecule has 0 atom stereocenters. The molecule has 3 aromatic rings. The van der Waals surface area contributed by atoms with E-state index in [1.165, 1.54) is 6.20 Å². The molecule has 0 saturated heterocycles. The summed E-state index contributed by atoms with van der Waals surface area (Å²) < 4.78 is 7.17. The van der Waals surface area contributed by atoms with E-state index in [0.29, 0.717) is 59.6 Å². The highest BCUT2D eigenvalue weighted by Gasteiger charge is 2.18. The molecule has 1 aliphatic heterocycles. The summed E-state index contributed by atoms with van der Waals surface area (Å²) in [7, 11) is 1.75. The van der Waals surface area contributed by atoms with Crippen molar-refractivity contribution in [1.82, 2.24) is 19.6 Å². The van der Waals surface area contributed by atoms with Crippen molar-refractivity contribution in [3.05, 3.63) is 35.5 Å². The summed E-state index contributed by atoms with van der Waals surface area (Å²) in [5.74, 6) is 1.77. The smallest absolute Gasteiger partial charge is 0.215 e. The first-order valence-corrected chi connectivity index (χ1v) is 8.10. The van der Waals surface area contributed by atoms with Gasteiger partial charge in [0.05, 0.1) is 23.9 Å². The van der Waals surface area contributed by atoms with Crippen LogP contribution in [0.15, 0.2) is 24.4 Å². The number of anilines is 3. The quantitative estimate of drug-likeness (QED) is 0.686. The summed E-state index contributed by atoms with van der Waals surface area (Å²) in [4.78, 5) is 21.4. The van der Waals surface area contributed by atoms with E-state index in [-0.39, 0.29) is 5.78 Å². The predicted octanol–water partition coefficient (Wildman–Crippen LogP) is 2.14. The largest absolute Gasteiger partial charge is 0.478 e. The van der Waals surface area contributed by atoms with Crippen LogP contribution in [0, 0.1) is 11.3 Å². The zero-order valence-corrected chi connectivity index (χ0v) is 14.0. The standard InChI is InChI=1S/C17H15N7O2/c1-19-14-7-13-21-16-10(8-18)4-5-15(23-16)26-6-2-3-12(25)11-9-20-24(14)17(11)22-13/h4-5,7,9,19H,2-3,6H2,1H3,(H,21,22,23). The Morgan fingerprint density at radius 1 is 1.38 bits per heavy atom. The lowest BCUT2D eigenvalue weighted by Crippen LogP contribution is -2.06. The molecule has 0 unspecified atom stereocenters. The van der Waals surface area contributed by atoms with Gasteiger partial charge in [-0.1, -0.05) is 0 Å². The molecule has 0 saturated carbocycles. The monoisotopic (exact) mass is 349 g/mol. The fourth-order valence-electron chi connectivity index (χ4n) is 2.77. The molecule has 130 valence electrons. The van der Waals surface area contributed by atoms with Crippen molar-refractivity contribution >= 4 is 28.9 Å². The molecule has 3 aromatic heterocycles. The highest BCUT2D eigenvalue weighted by molar-refractivity contribution is 6.01. The molecular formula is C17H15N7O2. The second-order valence-electron chi connectivity index (χ2n) is 5.73. The van der Waals surface area contributed by atoms with Crippen molar-refractivity contribution in [2.75, 3.05) is 24.3 Å². The highest BCUT2D eigenvalue weighted by atomic mass is 16.5. The van der Waals surface area contributed by atoms with E-state index in [4.69, 9.17) is 4.74 Å². The van der Waals surface area contributed by atoms with Gasteiger partial charge in [-0.15, -0.1) is 0 Å². The number of aromatic nitrogens is 4. The number of fused-ring (bicyclic) bond motifs is 3. The van der Waals surface area contributed by atoms with Gasteiger partial charge < -0.3 is 15.4 Å². The average molecular weight is 349 g/mol. The maximum Gasteiger partial charge on any atom is 0.215 e. The Morgan fingerprint density at radius 2 is 2.27 bits per heavy atom. The number of carbonyl (C=O) groups excluding carboxylic acids is 1. The second kappa shape index (κ2) is 6.33. The van der Waals surface area contributed by atoms with E-state index < -0.39 is 0 Å². The second-order valence-corrected chi connectivity index (χ2v) is 5.73. The lowest BCUT2D eigenvalue weighted by atomic mass is 10.1. The first-order chi connectivity index (χ1) is 12.7. The normalized spacial score (nSPS) is 13.8. The summed E-state index contributed by atoms with van der Waals surface area (Å²) in [6.07, 6.45) is 2.38. The van der Waals surface area contributed by atoms with Gasteiger partial charge in [-0.25, -0.2) is 4.98 Å². The van der Waals surface area contributed by atoms with Crippen molar-refractivity contribution in [3.8, 4) is 11.9 Å². The number of carbonyl (C=O) groups is 1. The Balaban J connectivity index is 1.91. The summed E-state index contributed by atoms with van der Waals surface area (Å²) in [6.45, 7) is 0.348. The molecule has 26 heavy (non-hydrogen) atoms. The molecule has 1 aliphatic rings. The minimum absolute atomic E-state index is 0.0491. The minimum atomic E-state index is -0.0491. The molecule has 0 aromatic carbocycles. The lowest BCUT2D eigenvalue weighted by Gasteiger charge is -2.11. The van der Waals surface area contributed by atoms with Crippen LogP contribution in [-0.2, 0) is 0 Å². The fourth-order valence-corrected chi connectivity index (χ4v) is 2.77. The Hall–Kier alpha value is -3.67. The van der Waals surface area contributed by atoms with Crippen LogP contribution in [0.3, 0.4) is 0 Å². The third-order valence-corrected chi connectivity index (χ3v) is 4.06. The van der Waals surface area contributed by atoms with Crippen LogP contribution < -0.4 is 15.4 Å². The maximum absolute atomic E-state index is 12.5. The number of ketones is 1. The number of hydrogen-bond donors (Lipinski definition) is 2. The molecule has 4 heterocycles. The van der Waals surface area contributed by atoms with Crippen LogP contribution in [0.2, 0.25) is 0 Å². The molecule has 0 amide bonds. The van der Waals surface area contributed by atoms with Gasteiger partial charge in [-0.05, 0) is 12.5 Å². The van der Waals surface area contributed by atoms with E-state index in [1.807, 2.05) is 0 Å². The molecule has 2 N–H and O–H groups in total. The number of ether oxygens (including phenoxy) is 1. The van der Waals surface area contributed by atoms with Gasteiger partial charge in [-0.2, -0.15) is 19.9 Å². The van der Waals surface area contributed by atoms with Gasteiger partial charge in [-0.3, -0.25) is 4.79 Å². The number of Topliss-reactive ketones (excluding diaryl/α,β-unsaturated/α-hetero) is 1. The van der Waals surface area contributed by atoms with Crippen LogP contribution in [0.4, 0.5) is 17.5 Å². The van der Waals surface area contributed by atoms with Crippen LogP contribution in [0.1, 0.15) is 28.8 Å². The van der Waals surface area contributed by atoms with Gasteiger partial charge in [0.1, 0.15) is 17.7 Å². The first-order valence-electron chi connectivity index (χ1n) is 8.10. The maximum atomic E-state index is 12.5. The molecule has 0 aliphatic carbocycles. The van der Waals surface area contributed by atoms with Gasteiger partial charge in [0.15, 0.2) is 17.2 Å². The molecular weight excluding hydrogens is 334 g/mol. The molecule has 4 bridgehead atoms. The SMILES string of the molecule is CNc1cc2nc3c(cnn13)C(=O)CCCOc1ccc(C#N)c(n1)N2. The van der Waals surface area contributed by atoms with E-state index in [0.717, 1.165) is 0 Å². The summed E-state index contributed by atoms with van der Waals surface area (Å²) in [5.41, 5.74) is 1.26. The third-order valence-electron chi connectivity index (χ3n) is 4.06. The number of nitriles is 1. The predicted molar refractivity (Wildman–Crippen MR) is 93.8 cm³/mol. The highest BCUT2D eigenvalue weighted by Crippen LogP contribution is 2.25. The molecule has 0 spiro atoms. The molecule has 0 fully saturated rings. The Morgan fingerprint density at radius 3 is 3.08 bits per heavy atom. The third kappa shape index (κ3) is 2.67. The van der Waals surface area contributed by atoms with Crippen molar-refractivity contribution < 1.29 is 9.53 Å². The Labute approximate surface area is 148 Å². The summed E-state index contributed by atoms with van der Waals surface area (Å²) >= 11 is 0. The van der Waals surface area contributed by atoms with Gasteiger partial charge >= 0.3 is 0 Å². The summed E-state index contributed by atoms with van der Waals surface area (Å²) in [5, 5.41) is 19.7. The summed E-state index contributed by atoms with van der Waals surface area (Å²) in [6, 6.07) is 7.09. The average Bonchev–Trinajstić information content (AvgIpc) is 3.08. The van der Waals surface area contributed by atoms with Gasteiger partial charge in [0.25, 0.3) is 0 Å². The van der Waals surface area contributed by atoms with Crippen LogP contribution in [0.25, 0.3) is 5.65 Å². The van der Waals surface area contributed by atoms with Crippen molar-refractivity contribution in [1.29, 1.82) is 5.26 Å². The van der Waals surface area contributed by atoms with Crippen LogP contribution in [0.5, 0.6) is 5.88 Å². The number of hydrogen-bond acceptors (Lipinski definition) is 8. The minimum Gasteiger partial charge on any atom is -0.478 e. The van der Waals surface area contributed by atoms with Crippen LogP contribution >= 0.6 is 0 Å². The number of pyridine rings is 1. The molecule has 9 nitrogen and oxygen atoms in total. The van der Waals surface area contributed by atoms with E-state index in [9.17, 15) is 10.1 Å². The number of rotatable bonds is 1. The lowest BCUT2D eigenvalue weighted by molar-refractivity contribution is 0.0974. The van der Waals surface area contributed by atoms with E-state index >= 15 is 0 Å². The van der Waals surface area contributed by atoms with Crippen molar-refractivity contribution in [2.24, 2.45) is 0 Å². The zero-order chi connectivity index (χ0) is 18.1. The van der Waals surface area contributed by atoms with Crippen LogP contribution in [-0.4, -0.2) is 39.0 Å². The fraction of sp³-hybridized carbons (Fsp3) is 0.235. The first kappa shape index (κ1) is 15.8. The van der Waals surface area contributed by atoms with Gasteiger partial charge in [0, 0.05) is 25.6 Å². The van der Waals surface area contributed by atoms with E-state index in [2.05, 4.69) is 31.8 Å². The Kier molecular flexibility index (Phi) is 3.85. The number of nitrogens with one attached hydrogen (secondary N) is 2. The van der Waals surface area contributed by atoms with Crippen molar-refractivity contribution in [2.45, 2.75) is 12.8 Å². The molecule has 0 radical (unpaired) electrons. The topological polar surface area (TPSA) is 117 Å². The number of nitrogens with zero attached hydrogens (tertiary/aromatic N) is 5. The molecule has 4 rings (SSSR count).